The van der Waals surface area contributed by atoms with Gasteiger partial charge in [0.05, 0.1) is 18.2 Å². The first-order valence-corrected chi connectivity index (χ1v) is 7.51. The van der Waals surface area contributed by atoms with Crippen LogP contribution in [-0.2, 0) is 0 Å². The first-order chi connectivity index (χ1) is 10.8. The van der Waals surface area contributed by atoms with Crippen LogP contribution >= 0.6 is 0 Å². The average molecular weight is 299 g/mol. The second-order valence-corrected chi connectivity index (χ2v) is 5.33. The summed E-state index contributed by atoms with van der Waals surface area (Å²) in [7, 11) is 0. The highest BCUT2D eigenvalue weighted by atomic mass is 19.1. The van der Waals surface area contributed by atoms with Crippen molar-refractivity contribution in [2.45, 2.75) is 32.2 Å². The van der Waals surface area contributed by atoms with Crippen LogP contribution in [0.15, 0.2) is 28.7 Å². The van der Waals surface area contributed by atoms with Crippen molar-refractivity contribution >= 4 is 0 Å². The number of halogens is 1. The fourth-order valence-electron chi connectivity index (χ4n) is 2.75. The summed E-state index contributed by atoms with van der Waals surface area (Å²) < 4.78 is 19.6. The summed E-state index contributed by atoms with van der Waals surface area (Å²) in [6.45, 7) is 3.50. The summed E-state index contributed by atoms with van der Waals surface area (Å²) in [5, 5.41) is 8.16. The van der Waals surface area contributed by atoms with Crippen LogP contribution in [0, 0.1) is 17.7 Å². The fraction of sp³-hybridized carbons (Fsp3) is 0.412. The molecule has 1 aliphatic rings. The van der Waals surface area contributed by atoms with Crippen molar-refractivity contribution in [2.75, 3.05) is 13.1 Å². The SMILES string of the molecule is CC#CCN1CCCC[C@@H]1c1nnc(-c2ccccc2F)o1. The zero-order valence-electron chi connectivity index (χ0n) is 12.6. The minimum absolute atomic E-state index is 0.0719. The van der Waals surface area contributed by atoms with Crippen LogP contribution in [-0.4, -0.2) is 28.2 Å². The van der Waals surface area contributed by atoms with Gasteiger partial charge in [-0.1, -0.05) is 24.5 Å². The van der Waals surface area contributed by atoms with Crippen LogP contribution < -0.4 is 0 Å². The molecule has 114 valence electrons. The third kappa shape index (κ3) is 3.02. The van der Waals surface area contributed by atoms with E-state index in [-0.39, 0.29) is 17.7 Å². The highest BCUT2D eigenvalue weighted by molar-refractivity contribution is 5.53. The fourth-order valence-corrected chi connectivity index (χ4v) is 2.75. The van der Waals surface area contributed by atoms with E-state index in [9.17, 15) is 4.39 Å². The van der Waals surface area contributed by atoms with Crippen molar-refractivity contribution in [1.29, 1.82) is 0 Å². The van der Waals surface area contributed by atoms with Gasteiger partial charge in [0, 0.05) is 0 Å². The Labute approximate surface area is 129 Å². The van der Waals surface area contributed by atoms with Crippen LogP contribution in [0.3, 0.4) is 0 Å². The number of aromatic nitrogens is 2. The Morgan fingerprint density at radius 2 is 2.18 bits per heavy atom. The second-order valence-electron chi connectivity index (χ2n) is 5.33. The molecule has 1 atom stereocenters. The number of piperidine rings is 1. The quantitative estimate of drug-likeness (QED) is 0.814. The molecule has 0 radical (unpaired) electrons. The molecule has 22 heavy (non-hydrogen) atoms. The lowest BCUT2D eigenvalue weighted by molar-refractivity contribution is 0.143. The summed E-state index contributed by atoms with van der Waals surface area (Å²) in [4.78, 5) is 2.25. The minimum Gasteiger partial charge on any atom is -0.419 e. The summed E-state index contributed by atoms with van der Waals surface area (Å²) in [6, 6.07) is 6.51. The first kappa shape index (κ1) is 14.7. The number of nitrogens with zero attached hydrogens (tertiary/aromatic N) is 3. The van der Waals surface area contributed by atoms with Crippen LogP contribution in [0.5, 0.6) is 0 Å². The molecule has 0 unspecified atom stereocenters. The summed E-state index contributed by atoms with van der Waals surface area (Å²) in [5.41, 5.74) is 0.344. The maximum atomic E-state index is 13.8. The van der Waals surface area contributed by atoms with Gasteiger partial charge >= 0.3 is 0 Å². The smallest absolute Gasteiger partial charge is 0.250 e. The molecule has 1 saturated heterocycles. The van der Waals surface area contributed by atoms with Crippen molar-refractivity contribution < 1.29 is 8.81 Å². The molecule has 1 fully saturated rings. The van der Waals surface area contributed by atoms with Gasteiger partial charge in [-0.15, -0.1) is 16.1 Å². The number of rotatable bonds is 3. The van der Waals surface area contributed by atoms with E-state index in [0.29, 0.717) is 18.0 Å². The zero-order chi connectivity index (χ0) is 15.4. The predicted octanol–water partition coefficient (Wildman–Crippen LogP) is 3.43. The van der Waals surface area contributed by atoms with Gasteiger partial charge < -0.3 is 4.42 Å². The molecular weight excluding hydrogens is 281 g/mol. The Morgan fingerprint density at radius 1 is 1.32 bits per heavy atom. The third-order valence-electron chi connectivity index (χ3n) is 3.90. The molecule has 0 bridgehead atoms. The zero-order valence-corrected chi connectivity index (χ0v) is 12.6. The van der Waals surface area contributed by atoms with E-state index >= 15 is 0 Å². The number of benzene rings is 1. The molecule has 1 aliphatic heterocycles. The molecule has 2 heterocycles. The maximum Gasteiger partial charge on any atom is 0.250 e. The van der Waals surface area contributed by atoms with Crippen LogP contribution in [0.2, 0.25) is 0 Å². The van der Waals surface area contributed by atoms with Crippen molar-refractivity contribution in [3.8, 4) is 23.3 Å². The van der Waals surface area contributed by atoms with Crippen molar-refractivity contribution in [3.63, 3.8) is 0 Å². The standard InChI is InChI=1S/C17H18FN3O/c1-2-3-11-21-12-7-6-10-15(21)17-20-19-16(22-17)13-8-4-5-9-14(13)18/h4-5,8-9,15H,6-7,10-12H2,1H3/t15-/m1/s1. The Kier molecular flexibility index (Phi) is 4.50. The molecule has 0 amide bonds. The molecule has 0 N–H and O–H groups in total. The molecule has 5 heteroatoms. The third-order valence-corrected chi connectivity index (χ3v) is 3.90. The molecule has 0 aliphatic carbocycles. The normalized spacial score (nSPS) is 18.7. The monoisotopic (exact) mass is 299 g/mol. The number of hydrogen-bond donors (Lipinski definition) is 0. The summed E-state index contributed by atoms with van der Waals surface area (Å²) in [5.74, 6) is 6.45. The molecule has 2 aromatic rings. The van der Waals surface area contributed by atoms with Gasteiger partial charge in [-0.05, 0) is 38.4 Å². The van der Waals surface area contributed by atoms with E-state index in [1.54, 1.807) is 18.2 Å². The van der Waals surface area contributed by atoms with Crippen LogP contribution in [0.1, 0.15) is 38.1 Å². The Hall–Kier alpha value is -2.19. The number of likely N-dealkylation sites (tertiary alicyclic amines) is 1. The molecule has 0 saturated carbocycles. The van der Waals surface area contributed by atoms with Gasteiger partial charge in [-0.3, -0.25) is 4.90 Å². The van der Waals surface area contributed by atoms with Gasteiger partial charge in [-0.2, -0.15) is 0 Å². The van der Waals surface area contributed by atoms with E-state index < -0.39 is 0 Å². The van der Waals surface area contributed by atoms with Crippen molar-refractivity contribution in [3.05, 3.63) is 36.0 Å². The molecule has 1 aromatic heterocycles. The highest BCUT2D eigenvalue weighted by Gasteiger charge is 2.28. The Balaban J connectivity index is 1.85. The van der Waals surface area contributed by atoms with E-state index in [2.05, 4.69) is 26.9 Å². The molecule has 1 aromatic carbocycles. The molecular formula is C17H18FN3O. The maximum absolute atomic E-state index is 13.8. The van der Waals surface area contributed by atoms with Crippen molar-refractivity contribution in [1.82, 2.24) is 15.1 Å². The van der Waals surface area contributed by atoms with Gasteiger partial charge in [-0.25, -0.2) is 4.39 Å². The Bertz CT molecular complexity index is 701. The predicted molar refractivity (Wildman–Crippen MR) is 81.3 cm³/mol. The van der Waals surface area contributed by atoms with Gasteiger partial charge in [0.1, 0.15) is 5.82 Å². The van der Waals surface area contributed by atoms with Crippen molar-refractivity contribution in [2.24, 2.45) is 0 Å². The molecule has 3 rings (SSSR count). The largest absolute Gasteiger partial charge is 0.419 e. The summed E-state index contributed by atoms with van der Waals surface area (Å²) in [6.07, 6.45) is 3.23. The van der Waals surface area contributed by atoms with E-state index in [1.165, 1.54) is 6.07 Å². The lowest BCUT2D eigenvalue weighted by Gasteiger charge is -2.31. The first-order valence-electron chi connectivity index (χ1n) is 7.51. The van der Waals surface area contributed by atoms with E-state index in [0.717, 1.165) is 25.8 Å². The lowest BCUT2D eigenvalue weighted by Crippen LogP contribution is -2.33. The number of hydrogen-bond acceptors (Lipinski definition) is 4. The highest BCUT2D eigenvalue weighted by Crippen LogP contribution is 2.31. The molecule has 4 nitrogen and oxygen atoms in total. The van der Waals surface area contributed by atoms with Crippen LogP contribution in [0.25, 0.3) is 11.5 Å². The topological polar surface area (TPSA) is 42.2 Å². The minimum atomic E-state index is -0.352. The Morgan fingerprint density at radius 3 is 3.00 bits per heavy atom. The second kappa shape index (κ2) is 6.71. The van der Waals surface area contributed by atoms with E-state index in [1.807, 2.05) is 6.92 Å². The lowest BCUT2D eigenvalue weighted by atomic mass is 10.0. The van der Waals surface area contributed by atoms with Gasteiger partial charge in [0.2, 0.25) is 5.89 Å². The summed E-state index contributed by atoms with van der Waals surface area (Å²) >= 11 is 0. The van der Waals surface area contributed by atoms with Crippen LogP contribution in [0.4, 0.5) is 4.39 Å². The average Bonchev–Trinajstić information content (AvgIpc) is 3.03. The van der Waals surface area contributed by atoms with Gasteiger partial charge in [0.25, 0.3) is 5.89 Å². The van der Waals surface area contributed by atoms with Gasteiger partial charge in [0.15, 0.2) is 0 Å². The molecule has 0 spiro atoms. The van der Waals surface area contributed by atoms with E-state index in [4.69, 9.17) is 4.42 Å².